The van der Waals surface area contributed by atoms with Crippen LogP contribution in [0.1, 0.15) is 49.5 Å². The van der Waals surface area contributed by atoms with Crippen molar-refractivity contribution in [3.63, 3.8) is 0 Å². The van der Waals surface area contributed by atoms with Gasteiger partial charge in [0.1, 0.15) is 5.01 Å². The highest BCUT2D eigenvalue weighted by Crippen LogP contribution is 2.26. The summed E-state index contributed by atoms with van der Waals surface area (Å²) in [5.41, 5.74) is 1.81. The number of hydrogen-bond donors (Lipinski definition) is 1. The molecule has 0 bridgehead atoms. The molecule has 2 aromatic heterocycles. The van der Waals surface area contributed by atoms with Gasteiger partial charge in [0.2, 0.25) is 11.0 Å². The van der Waals surface area contributed by atoms with Gasteiger partial charge in [-0.15, -0.1) is 10.2 Å². The van der Waals surface area contributed by atoms with Crippen molar-refractivity contribution in [1.29, 1.82) is 0 Å². The van der Waals surface area contributed by atoms with Crippen LogP contribution in [0.3, 0.4) is 0 Å². The van der Waals surface area contributed by atoms with Crippen LogP contribution in [0.25, 0.3) is 0 Å². The first-order valence-electron chi connectivity index (χ1n) is 7.52. The molecule has 0 aliphatic heterocycles. The average Bonchev–Trinajstić information content (AvgIpc) is 2.92. The molecule has 1 amide bonds. The first-order valence-corrected chi connectivity index (χ1v) is 9.21. The zero-order chi connectivity index (χ0) is 17.0. The molecule has 1 N–H and O–H groups in total. The van der Waals surface area contributed by atoms with Crippen molar-refractivity contribution >= 4 is 34.1 Å². The van der Waals surface area contributed by atoms with E-state index in [1.807, 2.05) is 40.7 Å². The predicted octanol–water partition coefficient (Wildman–Crippen LogP) is 3.58. The van der Waals surface area contributed by atoms with E-state index in [2.05, 4.69) is 25.5 Å². The molecule has 0 fully saturated rings. The van der Waals surface area contributed by atoms with E-state index in [0.29, 0.717) is 22.6 Å². The van der Waals surface area contributed by atoms with E-state index >= 15 is 0 Å². The molecule has 0 radical (unpaired) electrons. The summed E-state index contributed by atoms with van der Waals surface area (Å²) in [6.45, 7) is 9.92. The lowest BCUT2D eigenvalue weighted by molar-refractivity contribution is -0.115. The summed E-state index contributed by atoms with van der Waals surface area (Å²) in [7, 11) is 0. The Hall–Kier alpha value is -1.54. The number of anilines is 1. The van der Waals surface area contributed by atoms with E-state index in [1.54, 1.807) is 0 Å². The largest absolute Gasteiger partial charge is 0.300 e. The number of carbonyl (C=O) groups excluding carboxylic acids is 1. The van der Waals surface area contributed by atoms with E-state index in [-0.39, 0.29) is 11.2 Å². The topological polar surface area (TPSA) is 80.7 Å². The molecule has 0 aliphatic rings. The number of nitrogens with zero attached hydrogens (tertiary/aromatic N) is 4. The van der Waals surface area contributed by atoms with Crippen LogP contribution < -0.4 is 5.32 Å². The number of amides is 1. The Bertz CT molecular complexity index is 666. The summed E-state index contributed by atoms with van der Waals surface area (Å²) in [6.07, 6.45) is 0.683. The van der Waals surface area contributed by atoms with E-state index in [9.17, 15) is 4.79 Å². The molecule has 0 saturated carbocycles. The first kappa shape index (κ1) is 17.8. The van der Waals surface area contributed by atoms with Crippen LogP contribution in [0.5, 0.6) is 0 Å². The molecule has 0 spiro atoms. The molecular weight excluding hydrogens is 330 g/mol. The number of aryl methyl sites for hydroxylation is 2. The summed E-state index contributed by atoms with van der Waals surface area (Å²) in [6, 6.07) is 1.92. The molecule has 1 atom stereocenters. The van der Waals surface area contributed by atoms with Gasteiger partial charge in [-0.2, -0.15) is 0 Å². The van der Waals surface area contributed by atoms with Gasteiger partial charge in [0, 0.05) is 17.3 Å². The van der Waals surface area contributed by atoms with Crippen LogP contribution in [0.15, 0.2) is 11.2 Å². The van der Waals surface area contributed by atoms with Crippen molar-refractivity contribution in [2.45, 2.75) is 57.4 Å². The maximum Gasteiger partial charge on any atom is 0.239 e. The predicted molar refractivity (Wildman–Crippen MR) is 94.1 cm³/mol. The lowest BCUT2D eigenvalue weighted by Gasteiger charge is -2.12. The zero-order valence-corrected chi connectivity index (χ0v) is 15.6. The zero-order valence-electron chi connectivity index (χ0n) is 14.0. The Morgan fingerprint density at radius 3 is 2.43 bits per heavy atom. The highest BCUT2D eigenvalue weighted by Gasteiger charge is 2.21. The van der Waals surface area contributed by atoms with Gasteiger partial charge in [-0.3, -0.25) is 10.1 Å². The maximum atomic E-state index is 12.4. The fourth-order valence-corrected chi connectivity index (χ4v) is 3.63. The summed E-state index contributed by atoms with van der Waals surface area (Å²) in [5, 5.41) is 12.8. The highest BCUT2D eigenvalue weighted by molar-refractivity contribution is 8.00. The molecule has 2 heterocycles. The van der Waals surface area contributed by atoms with Gasteiger partial charge in [0.25, 0.3) is 0 Å². The monoisotopic (exact) mass is 351 g/mol. The minimum atomic E-state index is -0.261. The molecule has 23 heavy (non-hydrogen) atoms. The van der Waals surface area contributed by atoms with Crippen LogP contribution >= 0.6 is 23.1 Å². The van der Waals surface area contributed by atoms with Crippen LogP contribution in [0.4, 0.5) is 5.13 Å². The van der Waals surface area contributed by atoms with Crippen molar-refractivity contribution in [2.75, 3.05) is 5.32 Å². The highest BCUT2D eigenvalue weighted by atomic mass is 32.2. The second-order valence-corrected chi connectivity index (χ2v) is 7.72. The third kappa shape index (κ3) is 4.97. The van der Waals surface area contributed by atoms with Crippen molar-refractivity contribution in [2.24, 2.45) is 0 Å². The standard InChI is InChI=1S/C15H21N5OS2/c1-6-11(22-14-16-9(4)7-10(5)17-14)12(21)18-15-20-19-13(23-15)8(2)3/h7-8,11H,6H2,1-5H3,(H,18,20,21)/t11-/m0/s1. The molecule has 124 valence electrons. The van der Waals surface area contributed by atoms with Gasteiger partial charge in [-0.05, 0) is 26.3 Å². The summed E-state index contributed by atoms with van der Waals surface area (Å²) < 4.78 is 0. The molecule has 0 saturated heterocycles. The summed E-state index contributed by atoms with van der Waals surface area (Å²) in [4.78, 5) is 21.2. The van der Waals surface area contributed by atoms with Gasteiger partial charge in [0.15, 0.2) is 5.16 Å². The average molecular weight is 352 g/mol. The third-order valence-corrected chi connectivity index (χ3v) is 5.40. The van der Waals surface area contributed by atoms with Crippen LogP contribution in [0, 0.1) is 13.8 Å². The Morgan fingerprint density at radius 1 is 1.26 bits per heavy atom. The molecule has 0 aliphatic carbocycles. The number of rotatable bonds is 6. The minimum absolute atomic E-state index is 0.0910. The Labute approximate surface area is 144 Å². The molecular formula is C15H21N5OS2. The fraction of sp³-hybridized carbons (Fsp3) is 0.533. The normalized spacial score (nSPS) is 12.4. The van der Waals surface area contributed by atoms with Crippen molar-refractivity contribution in [1.82, 2.24) is 20.2 Å². The minimum Gasteiger partial charge on any atom is -0.300 e. The van der Waals surface area contributed by atoms with E-state index in [1.165, 1.54) is 23.1 Å². The van der Waals surface area contributed by atoms with E-state index < -0.39 is 0 Å². The lowest BCUT2D eigenvalue weighted by atomic mass is 10.2. The van der Waals surface area contributed by atoms with Crippen molar-refractivity contribution < 1.29 is 4.79 Å². The Kier molecular flexibility index (Phi) is 6.06. The molecule has 2 rings (SSSR count). The number of thioether (sulfide) groups is 1. The summed E-state index contributed by atoms with van der Waals surface area (Å²) >= 11 is 2.79. The smallest absolute Gasteiger partial charge is 0.239 e. The molecule has 8 heteroatoms. The molecule has 2 aromatic rings. The van der Waals surface area contributed by atoms with Crippen LogP contribution in [-0.2, 0) is 4.79 Å². The Morgan fingerprint density at radius 2 is 1.91 bits per heavy atom. The number of aromatic nitrogens is 4. The third-order valence-electron chi connectivity index (χ3n) is 3.04. The quantitative estimate of drug-likeness (QED) is 0.633. The molecule has 0 unspecified atom stereocenters. The molecule has 6 nitrogen and oxygen atoms in total. The van der Waals surface area contributed by atoms with Gasteiger partial charge in [-0.1, -0.05) is 43.9 Å². The SMILES string of the molecule is CC[C@H](Sc1nc(C)cc(C)n1)C(=O)Nc1nnc(C(C)C)s1. The summed E-state index contributed by atoms with van der Waals surface area (Å²) in [5.74, 6) is 0.213. The van der Waals surface area contributed by atoms with E-state index in [0.717, 1.165) is 16.4 Å². The van der Waals surface area contributed by atoms with Gasteiger partial charge < -0.3 is 0 Å². The maximum absolute atomic E-state index is 12.4. The van der Waals surface area contributed by atoms with Crippen molar-refractivity contribution in [3.8, 4) is 0 Å². The second-order valence-electron chi connectivity index (χ2n) is 5.54. The number of nitrogens with one attached hydrogen (secondary N) is 1. The number of carbonyl (C=O) groups is 1. The first-order chi connectivity index (χ1) is 10.9. The van der Waals surface area contributed by atoms with Gasteiger partial charge in [-0.25, -0.2) is 9.97 Å². The van der Waals surface area contributed by atoms with Crippen LogP contribution in [-0.4, -0.2) is 31.3 Å². The van der Waals surface area contributed by atoms with E-state index in [4.69, 9.17) is 0 Å². The fourth-order valence-electron chi connectivity index (χ4n) is 1.90. The lowest BCUT2D eigenvalue weighted by Crippen LogP contribution is -2.24. The van der Waals surface area contributed by atoms with Gasteiger partial charge in [0.05, 0.1) is 5.25 Å². The number of hydrogen-bond acceptors (Lipinski definition) is 7. The van der Waals surface area contributed by atoms with Gasteiger partial charge >= 0.3 is 0 Å². The second kappa shape index (κ2) is 7.83. The Balaban J connectivity index is 2.05. The van der Waals surface area contributed by atoms with Crippen molar-refractivity contribution in [3.05, 3.63) is 22.5 Å². The van der Waals surface area contributed by atoms with Crippen LogP contribution in [0.2, 0.25) is 0 Å². The molecule has 0 aromatic carbocycles.